The average molecular weight is 490 g/mol. The van der Waals surface area contributed by atoms with Crippen LogP contribution >= 0.6 is 0 Å². The quantitative estimate of drug-likeness (QED) is 0.373. The SMILES string of the molecule is COC1(O)CCCC[C@@]12CCC/C(=C(/O)c1nc3c(c(=O)[nH]1)n(C)c(=O)n3[C@H]1CCCOC1)C2N. The number of rotatable bonds is 3. The van der Waals surface area contributed by atoms with E-state index in [1.165, 1.54) is 23.3 Å². The Morgan fingerprint density at radius 2 is 1.97 bits per heavy atom. The van der Waals surface area contributed by atoms with Gasteiger partial charge in [0, 0.05) is 38.6 Å². The molecule has 2 aromatic heterocycles. The number of aryl methyl sites for hydroxylation is 1. The maximum Gasteiger partial charge on any atom is 0.330 e. The predicted octanol–water partition coefficient (Wildman–Crippen LogP) is 1.45. The number of aromatic nitrogens is 4. The Morgan fingerprint density at radius 3 is 2.69 bits per heavy atom. The minimum atomic E-state index is -1.39. The van der Waals surface area contributed by atoms with E-state index in [-0.39, 0.29) is 34.5 Å². The Kier molecular flexibility index (Phi) is 6.15. The molecule has 1 aliphatic heterocycles. The number of ether oxygens (including phenoxy) is 2. The first-order valence-electron chi connectivity index (χ1n) is 12.5. The molecule has 0 radical (unpaired) electrons. The predicted molar refractivity (Wildman–Crippen MR) is 129 cm³/mol. The first-order valence-corrected chi connectivity index (χ1v) is 12.5. The Hall–Kier alpha value is -2.47. The highest BCUT2D eigenvalue weighted by molar-refractivity contribution is 5.73. The van der Waals surface area contributed by atoms with Crippen LogP contribution in [0.3, 0.4) is 0 Å². The minimum Gasteiger partial charge on any atom is -0.504 e. The second-order valence-electron chi connectivity index (χ2n) is 10.2. The molecule has 2 aliphatic carbocycles. The molecule has 0 amide bonds. The lowest BCUT2D eigenvalue weighted by atomic mass is 9.57. The number of fused-ring (bicyclic) bond motifs is 1. The van der Waals surface area contributed by atoms with Crippen LogP contribution in [-0.2, 0) is 16.5 Å². The van der Waals surface area contributed by atoms with E-state index in [2.05, 4.69) is 9.97 Å². The number of hydrogen-bond donors (Lipinski definition) is 4. The molecule has 2 unspecified atom stereocenters. The Morgan fingerprint density at radius 1 is 1.23 bits per heavy atom. The van der Waals surface area contributed by atoms with Crippen molar-refractivity contribution < 1.29 is 19.7 Å². The Balaban J connectivity index is 1.64. The highest BCUT2D eigenvalue weighted by Crippen LogP contribution is 2.54. The molecule has 2 saturated carbocycles. The van der Waals surface area contributed by atoms with Crippen molar-refractivity contribution in [3.8, 4) is 0 Å². The van der Waals surface area contributed by atoms with Crippen LogP contribution in [0.5, 0.6) is 0 Å². The largest absolute Gasteiger partial charge is 0.504 e. The molecule has 5 rings (SSSR count). The van der Waals surface area contributed by atoms with Gasteiger partial charge >= 0.3 is 5.69 Å². The van der Waals surface area contributed by atoms with E-state index in [1.807, 2.05) is 0 Å². The molecule has 4 atom stereocenters. The van der Waals surface area contributed by atoms with E-state index in [0.29, 0.717) is 50.9 Å². The van der Waals surface area contributed by atoms with Gasteiger partial charge in [-0.3, -0.25) is 13.9 Å². The lowest BCUT2D eigenvalue weighted by molar-refractivity contribution is -0.286. The lowest BCUT2D eigenvalue weighted by Crippen LogP contribution is -2.62. The smallest absolute Gasteiger partial charge is 0.330 e. The van der Waals surface area contributed by atoms with Crippen LogP contribution < -0.4 is 17.0 Å². The Bertz CT molecular complexity index is 1270. The van der Waals surface area contributed by atoms with Crippen molar-refractivity contribution in [3.63, 3.8) is 0 Å². The summed E-state index contributed by atoms with van der Waals surface area (Å²) in [7, 11) is 3.03. The van der Waals surface area contributed by atoms with Crippen LogP contribution in [-0.4, -0.2) is 61.5 Å². The number of H-pyrrole nitrogens is 1. The van der Waals surface area contributed by atoms with Gasteiger partial charge < -0.3 is 30.4 Å². The molecule has 1 spiro atoms. The van der Waals surface area contributed by atoms with Crippen molar-refractivity contribution in [3.05, 3.63) is 32.2 Å². The number of aliphatic hydroxyl groups excluding tert-OH is 1. The van der Waals surface area contributed by atoms with Gasteiger partial charge in [-0.1, -0.05) is 6.42 Å². The van der Waals surface area contributed by atoms with Gasteiger partial charge in [0.1, 0.15) is 0 Å². The summed E-state index contributed by atoms with van der Waals surface area (Å²) in [5.74, 6) is -1.62. The zero-order valence-electron chi connectivity index (χ0n) is 20.4. The summed E-state index contributed by atoms with van der Waals surface area (Å²) >= 11 is 0. The summed E-state index contributed by atoms with van der Waals surface area (Å²) in [5.41, 5.74) is 6.04. The fourth-order valence-corrected chi connectivity index (χ4v) is 6.57. The summed E-state index contributed by atoms with van der Waals surface area (Å²) < 4.78 is 13.9. The van der Waals surface area contributed by atoms with Crippen LogP contribution in [0.1, 0.15) is 69.7 Å². The molecule has 2 aromatic rings. The molecular weight excluding hydrogens is 454 g/mol. The molecule has 1 saturated heterocycles. The van der Waals surface area contributed by atoms with E-state index in [9.17, 15) is 19.8 Å². The molecule has 3 heterocycles. The fraction of sp³-hybridized carbons (Fsp3) is 0.708. The van der Waals surface area contributed by atoms with Gasteiger partial charge in [-0.2, -0.15) is 0 Å². The van der Waals surface area contributed by atoms with E-state index in [0.717, 1.165) is 25.7 Å². The molecule has 3 aliphatic rings. The highest BCUT2D eigenvalue weighted by Gasteiger charge is 2.58. The van der Waals surface area contributed by atoms with E-state index < -0.39 is 22.8 Å². The number of nitrogens with one attached hydrogen (secondary N) is 1. The number of aliphatic hydroxyl groups is 2. The number of aromatic amines is 1. The van der Waals surface area contributed by atoms with Gasteiger partial charge in [0.25, 0.3) is 5.56 Å². The third kappa shape index (κ3) is 3.59. The van der Waals surface area contributed by atoms with Gasteiger partial charge in [-0.05, 0) is 50.5 Å². The first kappa shape index (κ1) is 24.2. The molecule has 35 heavy (non-hydrogen) atoms. The number of methoxy groups -OCH3 is 1. The van der Waals surface area contributed by atoms with Crippen LogP contribution in [0.2, 0.25) is 0 Å². The summed E-state index contributed by atoms with van der Waals surface area (Å²) in [4.78, 5) is 33.3. The van der Waals surface area contributed by atoms with Crippen molar-refractivity contribution in [1.82, 2.24) is 19.1 Å². The third-order valence-electron chi connectivity index (χ3n) is 8.51. The highest BCUT2D eigenvalue weighted by atomic mass is 16.6. The van der Waals surface area contributed by atoms with E-state index in [4.69, 9.17) is 15.2 Å². The molecule has 192 valence electrons. The maximum atomic E-state index is 13.1. The average Bonchev–Trinajstić information content (AvgIpc) is 3.12. The van der Waals surface area contributed by atoms with Crippen molar-refractivity contribution >= 4 is 16.9 Å². The molecule has 3 fully saturated rings. The summed E-state index contributed by atoms with van der Waals surface area (Å²) in [5, 5.41) is 22.7. The number of imidazole rings is 1. The molecule has 0 bridgehead atoms. The number of nitrogens with zero attached hydrogens (tertiary/aromatic N) is 3. The standard InChI is InChI=1S/C24H35N5O6/c1-28-16-20(29(22(28)32)14-7-6-12-35-13-14)26-19(27-21(16)31)17(30)15-8-5-10-23(18(15)25)9-3-4-11-24(23,33)34-2/h14,18,30,33H,3-13,25H2,1-2H3,(H,26,27,31)/b17-15-/t14-,18?,23-,24?/m0/s1. The molecular formula is C24H35N5O6. The second-order valence-corrected chi connectivity index (χ2v) is 10.2. The van der Waals surface area contributed by atoms with Crippen LogP contribution in [0.4, 0.5) is 0 Å². The van der Waals surface area contributed by atoms with Gasteiger partial charge in [-0.25, -0.2) is 9.78 Å². The van der Waals surface area contributed by atoms with Crippen LogP contribution in [0.25, 0.3) is 16.9 Å². The zero-order chi connectivity index (χ0) is 25.0. The van der Waals surface area contributed by atoms with Gasteiger partial charge in [0.2, 0.25) is 0 Å². The number of nitrogens with two attached hydrogens (primary N) is 1. The number of hydrogen-bond acceptors (Lipinski definition) is 8. The summed E-state index contributed by atoms with van der Waals surface area (Å²) in [6.45, 7) is 0.995. The second kappa shape index (κ2) is 8.88. The van der Waals surface area contributed by atoms with Crippen LogP contribution in [0, 0.1) is 5.41 Å². The zero-order valence-corrected chi connectivity index (χ0v) is 20.4. The first-order chi connectivity index (χ1) is 16.7. The monoisotopic (exact) mass is 489 g/mol. The normalized spacial score (nSPS) is 33.4. The van der Waals surface area contributed by atoms with E-state index >= 15 is 0 Å². The van der Waals surface area contributed by atoms with Crippen molar-refractivity contribution in [1.29, 1.82) is 0 Å². The van der Waals surface area contributed by atoms with Crippen molar-refractivity contribution in [2.75, 3.05) is 20.3 Å². The topological polar surface area (TPSA) is 158 Å². The minimum absolute atomic E-state index is 0.0298. The van der Waals surface area contributed by atoms with Gasteiger partial charge in [-0.15, -0.1) is 0 Å². The maximum absolute atomic E-state index is 13.1. The lowest BCUT2D eigenvalue weighted by Gasteiger charge is -2.55. The molecule has 0 aromatic carbocycles. The molecule has 11 nitrogen and oxygen atoms in total. The summed E-state index contributed by atoms with van der Waals surface area (Å²) in [6.07, 6.45) is 6.34. The van der Waals surface area contributed by atoms with Gasteiger partial charge in [0.05, 0.1) is 12.6 Å². The van der Waals surface area contributed by atoms with Crippen molar-refractivity contribution in [2.24, 2.45) is 18.2 Å². The fourth-order valence-electron chi connectivity index (χ4n) is 6.57. The Labute approximate surface area is 202 Å². The summed E-state index contributed by atoms with van der Waals surface area (Å²) in [6, 6.07) is -0.914. The van der Waals surface area contributed by atoms with Crippen LogP contribution in [0.15, 0.2) is 15.2 Å². The third-order valence-corrected chi connectivity index (χ3v) is 8.51. The molecule has 11 heteroatoms. The van der Waals surface area contributed by atoms with E-state index in [1.54, 1.807) is 0 Å². The van der Waals surface area contributed by atoms with Gasteiger partial charge in [0.15, 0.2) is 28.5 Å². The van der Waals surface area contributed by atoms with Crippen molar-refractivity contribution in [2.45, 2.75) is 75.7 Å². The molecule has 5 N–H and O–H groups in total.